The summed E-state index contributed by atoms with van der Waals surface area (Å²) in [6.45, 7) is 5.22. The smallest absolute Gasteiger partial charge is 0.142 e. The molecule has 1 N–H and O–H groups in total. The summed E-state index contributed by atoms with van der Waals surface area (Å²) in [6.07, 6.45) is 7.35. The van der Waals surface area contributed by atoms with Crippen molar-refractivity contribution in [3.63, 3.8) is 0 Å². The van der Waals surface area contributed by atoms with Gasteiger partial charge < -0.3 is 10.1 Å². The van der Waals surface area contributed by atoms with Gasteiger partial charge in [-0.25, -0.2) is 0 Å². The van der Waals surface area contributed by atoms with Gasteiger partial charge in [-0.1, -0.05) is 23.8 Å². The van der Waals surface area contributed by atoms with Gasteiger partial charge in [0.05, 0.1) is 6.10 Å². The minimum absolute atomic E-state index is 0.0171. The summed E-state index contributed by atoms with van der Waals surface area (Å²) >= 11 is 0. The van der Waals surface area contributed by atoms with Crippen LogP contribution in [0.1, 0.15) is 48.3 Å². The van der Waals surface area contributed by atoms with E-state index in [-0.39, 0.29) is 5.54 Å². The standard InChI is InChI=1S/C20H27NO2/c1-14-4-5-15(2)17(12-14)18-13-21-20(19(18)8-11-22)9-6-16(23-3)7-10-20/h4-5,8,11-12,16,18,21H,6-7,9-10,13H2,1-3H3/b19-8-. The number of hydrogen-bond donors (Lipinski definition) is 1. The van der Waals surface area contributed by atoms with Crippen LogP contribution < -0.4 is 5.32 Å². The highest BCUT2D eigenvalue weighted by Crippen LogP contribution is 2.46. The number of methoxy groups -OCH3 is 1. The second kappa shape index (κ2) is 6.58. The minimum Gasteiger partial charge on any atom is -0.381 e. The molecule has 1 aromatic rings. The van der Waals surface area contributed by atoms with Crippen molar-refractivity contribution in [1.82, 2.24) is 5.32 Å². The van der Waals surface area contributed by atoms with Gasteiger partial charge >= 0.3 is 0 Å². The van der Waals surface area contributed by atoms with Crippen molar-refractivity contribution in [3.05, 3.63) is 46.5 Å². The number of carbonyl (C=O) groups is 1. The first-order valence-electron chi connectivity index (χ1n) is 8.60. The number of aldehydes is 1. The number of hydrogen-bond acceptors (Lipinski definition) is 3. The molecular formula is C20H27NO2. The average Bonchev–Trinajstić information content (AvgIpc) is 2.89. The van der Waals surface area contributed by atoms with Gasteiger partial charge in [-0.15, -0.1) is 0 Å². The maximum Gasteiger partial charge on any atom is 0.142 e. The number of aryl methyl sites for hydroxylation is 2. The van der Waals surface area contributed by atoms with E-state index in [1.807, 2.05) is 6.08 Å². The lowest BCUT2D eigenvalue weighted by molar-refractivity contribution is -0.104. The third-order valence-electron chi connectivity index (χ3n) is 5.75. The number of allylic oxidation sites excluding steroid dienone is 1. The second-order valence-electron chi connectivity index (χ2n) is 7.07. The Hall–Kier alpha value is -1.45. The summed E-state index contributed by atoms with van der Waals surface area (Å²) in [7, 11) is 1.80. The quantitative estimate of drug-likeness (QED) is 0.686. The maximum atomic E-state index is 11.3. The molecule has 3 heteroatoms. The molecule has 3 rings (SSSR count). The summed E-state index contributed by atoms with van der Waals surface area (Å²) in [5.41, 5.74) is 5.20. The topological polar surface area (TPSA) is 38.3 Å². The third kappa shape index (κ3) is 3.00. The highest BCUT2D eigenvalue weighted by molar-refractivity contribution is 5.69. The Morgan fingerprint density at radius 1 is 1.26 bits per heavy atom. The van der Waals surface area contributed by atoms with Gasteiger partial charge in [0, 0.05) is 25.1 Å². The zero-order chi connectivity index (χ0) is 16.4. The molecule has 1 atom stereocenters. The lowest BCUT2D eigenvalue weighted by Crippen LogP contribution is -2.45. The highest BCUT2D eigenvalue weighted by atomic mass is 16.5. The Morgan fingerprint density at radius 2 is 2.00 bits per heavy atom. The molecular weight excluding hydrogens is 286 g/mol. The van der Waals surface area contributed by atoms with E-state index in [4.69, 9.17) is 4.74 Å². The molecule has 0 amide bonds. The van der Waals surface area contributed by atoms with Crippen LogP contribution in [0.25, 0.3) is 0 Å². The Balaban J connectivity index is 1.93. The molecule has 3 nitrogen and oxygen atoms in total. The number of carbonyl (C=O) groups excluding carboxylic acids is 1. The molecule has 0 bridgehead atoms. The predicted molar refractivity (Wildman–Crippen MR) is 92.8 cm³/mol. The summed E-state index contributed by atoms with van der Waals surface area (Å²) in [6, 6.07) is 6.63. The van der Waals surface area contributed by atoms with E-state index in [9.17, 15) is 4.79 Å². The van der Waals surface area contributed by atoms with Crippen LogP contribution in [0, 0.1) is 13.8 Å². The minimum atomic E-state index is -0.0171. The molecule has 1 aliphatic carbocycles. The van der Waals surface area contributed by atoms with Gasteiger partial charge in [-0.05, 0) is 62.3 Å². The van der Waals surface area contributed by atoms with Crippen molar-refractivity contribution >= 4 is 6.29 Å². The van der Waals surface area contributed by atoms with Crippen molar-refractivity contribution < 1.29 is 9.53 Å². The Kier molecular flexibility index (Phi) is 4.69. The first-order valence-corrected chi connectivity index (χ1v) is 8.60. The molecule has 1 heterocycles. The van der Waals surface area contributed by atoms with Crippen LogP contribution in [-0.2, 0) is 9.53 Å². The Morgan fingerprint density at radius 3 is 2.65 bits per heavy atom. The molecule has 1 aromatic carbocycles. The zero-order valence-electron chi connectivity index (χ0n) is 14.4. The Bertz CT molecular complexity index is 612. The second-order valence-corrected chi connectivity index (χ2v) is 7.07. The van der Waals surface area contributed by atoms with Crippen molar-refractivity contribution in [1.29, 1.82) is 0 Å². The lowest BCUT2D eigenvalue weighted by Gasteiger charge is -2.38. The van der Waals surface area contributed by atoms with Crippen molar-refractivity contribution in [3.8, 4) is 0 Å². The van der Waals surface area contributed by atoms with E-state index in [1.165, 1.54) is 22.3 Å². The number of nitrogens with one attached hydrogen (secondary N) is 1. The molecule has 124 valence electrons. The fourth-order valence-corrected chi connectivity index (χ4v) is 4.39. The molecule has 1 unspecified atom stereocenters. The molecule has 2 aliphatic rings. The van der Waals surface area contributed by atoms with Crippen LogP contribution in [-0.4, -0.2) is 31.6 Å². The van der Waals surface area contributed by atoms with Crippen molar-refractivity contribution in [2.24, 2.45) is 0 Å². The fraction of sp³-hybridized carbons (Fsp3) is 0.550. The molecule has 0 aromatic heterocycles. The van der Waals surface area contributed by atoms with Crippen LogP contribution >= 0.6 is 0 Å². The van der Waals surface area contributed by atoms with E-state index in [0.29, 0.717) is 12.0 Å². The number of rotatable bonds is 3. The van der Waals surface area contributed by atoms with Gasteiger partial charge in [-0.3, -0.25) is 4.79 Å². The summed E-state index contributed by atoms with van der Waals surface area (Å²) in [5.74, 6) is 0.305. The Labute approximate surface area is 139 Å². The van der Waals surface area contributed by atoms with Crippen LogP contribution in [0.4, 0.5) is 0 Å². The lowest BCUT2D eigenvalue weighted by atomic mass is 9.72. The first-order chi connectivity index (χ1) is 11.1. The number of benzene rings is 1. The molecule has 1 saturated heterocycles. The molecule has 0 radical (unpaired) electrons. The van der Waals surface area contributed by atoms with Gasteiger partial charge in [0.15, 0.2) is 0 Å². The van der Waals surface area contributed by atoms with Gasteiger partial charge in [-0.2, -0.15) is 0 Å². The summed E-state index contributed by atoms with van der Waals surface area (Å²) in [4.78, 5) is 11.3. The van der Waals surface area contributed by atoms with Crippen molar-refractivity contribution in [2.45, 2.75) is 57.1 Å². The van der Waals surface area contributed by atoms with E-state index in [1.54, 1.807) is 7.11 Å². The van der Waals surface area contributed by atoms with E-state index < -0.39 is 0 Å². The molecule has 2 fully saturated rings. The zero-order valence-corrected chi connectivity index (χ0v) is 14.4. The van der Waals surface area contributed by atoms with Gasteiger partial charge in [0.1, 0.15) is 6.29 Å². The predicted octanol–water partition coefficient (Wildman–Crippen LogP) is 3.44. The third-order valence-corrected chi connectivity index (χ3v) is 5.75. The SMILES string of the molecule is COC1CCC2(CC1)NCC(c1cc(C)ccc1C)/C2=C/C=O. The first kappa shape index (κ1) is 16.4. The summed E-state index contributed by atoms with van der Waals surface area (Å²) < 4.78 is 5.52. The van der Waals surface area contributed by atoms with Crippen LogP contribution in [0.2, 0.25) is 0 Å². The monoisotopic (exact) mass is 313 g/mol. The normalized spacial score (nSPS) is 32.6. The summed E-state index contributed by atoms with van der Waals surface area (Å²) in [5, 5.41) is 3.76. The highest BCUT2D eigenvalue weighted by Gasteiger charge is 2.46. The molecule has 1 aliphatic heterocycles. The average molecular weight is 313 g/mol. The van der Waals surface area contributed by atoms with Crippen LogP contribution in [0.5, 0.6) is 0 Å². The molecule has 1 spiro atoms. The van der Waals surface area contributed by atoms with E-state index in [2.05, 4.69) is 37.4 Å². The van der Waals surface area contributed by atoms with Gasteiger partial charge in [0.2, 0.25) is 0 Å². The van der Waals surface area contributed by atoms with Crippen molar-refractivity contribution in [2.75, 3.05) is 13.7 Å². The maximum absolute atomic E-state index is 11.3. The fourth-order valence-electron chi connectivity index (χ4n) is 4.39. The van der Waals surface area contributed by atoms with E-state index >= 15 is 0 Å². The molecule has 23 heavy (non-hydrogen) atoms. The van der Waals surface area contributed by atoms with Crippen LogP contribution in [0.15, 0.2) is 29.8 Å². The largest absolute Gasteiger partial charge is 0.381 e. The molecule has 1 saturated carbocycles. The van der Waals surface area contributed by atoms with Gasteiger partial charge in [0.25, 0.3) is 0 Å². The number of ether oxygens (including phenoxy) is 1. The van der Waals surface area contributed by atoms with E-state index in [0.717, 1.165) is 38.5 Å². The van der Waals surface area contributed by atoms with Crippen LogP contribution in [0.3, 0.4) is 0 Å².